The lowest BCUT2D eigenvalue weighted by Crippen LogP contribution is -2.64. The largest absolute Gasteiger partial charge is 0.467 e. The van der Waals surface area contributed by atoms with Gasteiger partial charge in [-0.1, -0.05) is 13.8 Å². The van der Waals surface area contributed by atoms with E-state index in [1.165, 1.54) is 19.1 Å². The van der Waals surface area contributed by atoms with Gasteiger partial charge in [0.15, 0.2) is 6.04 Å². The third kappa shape index (κ3) is 8.40. The molecule has 1 unspecified atom stereocenters. The number of hydrogen-bond donors (Lipinski definition) is 0. The number of rotatable bonds is 5. The summed E-state index contributed by atoms with van der Waals surface area (Å²) in [6, 6.07) is -1.97. The Bertz CT molecular complexity index is 725. The summed E-state index contributed by atoms with van der Waals surface area (Å²) in [6.45, 7) is 14.4. The fourth-order valence-corrected chi connectivity index (χ4v) is 3.44. The molecular weight excluding hydrogens is 430 g/mol. The number of ether oxygens (including phenoxy) is 3. The molecule has 1 heterocycles. The second-order valence-electron chi connectivity index (χ2n) is 10.7. The van der Waals surface area contributed by atoms with Crippen molar-refractivity contribution in [2.75, 3.05) is 20.7 Å². The Labute approximate surface area is 197 Å². The number of carbonyl (C=O) groups is 4. The lowest BCUT2D eigenvalue weighted by Gasteiger charge is -2.45. The fraction of sp³-hybridized carbons (Fsp3) is 0.826. The number of methoxy groups -OCH3 is 1. The summed E-state index contributed by atoms with van der Waals surface area (Å²) in [5, 5.41) is 2.26. The second kappa shape index (κ2) is 11.1. The molecule has 33 heavy (non-hydrogen) atoms. The van der Waals surface area contributed by atoms with Crippen LogP contribution in [0.5, 0.6) is 0 Å². The SMILES string of the molecule is COC(=O)C1CCCN(C(=O)OC(C)(C)C)N1C(=O)[C@@H](CC(C)C)N(C)C(=O)OC(C)(C)C. The monoisotopic (exact) mass is 471 g/mol. The number of esters is 1. The molecule has 0 aromatic rings. The first-order valence-electron chi connectivity index (χ1n) is 11.4. The molecule has 3 amide bonds. The van der Waals surface area contributed by atoms with E-state index in [1.54, 1.807) is 41.5 Å². The zero-order valence-corrected chi connectivity index (χ0v) is 21.8. The second-order valence-corrected chi connectivity index (χ2v) is 10.7. The molecule has 190 valence electrons. The number of nitrogens with zero attached hydrogens (tertiary/aromatic N) is 3. The zero-order chi connectivity index (χ0) is 25.7. The molecule has 0 aliphatic carbocycles. The molecule has 1 saturated heterocycles. The summed E-state index contributed by atoms with van der Waals surface area (Å²) >= 11 is 0. The van der Waals surface area contributed by atoms with Crippen molar-refractivity contribution < 1.29 is 33.4 Å². The molecule has 0 N–H and O–H groups in total. The molecule has 0 saturated carbocycles. The smallest absolute Gasteiger partial charge is 0.429 e. The Balaban J connectivity index is 3.41. The molecule has 1 aliphatic heterocycles. The minimum atomic E-state index is -1.01. The Morgan fingerprint density at radius 1 is 1.00 bits per heavy atom. The highest BCUT2D eigenvalue weighted by Crippen LogP contribution is 2.26. The van der Waals surface area contributed by atoms with Crippen LogP contribution in [-0.2, 0) is 23.8 Å². The van der Waals surface area contributed by atoms with E-state index in [0.717, 1.165) is 10.0 Å². The third-order valence-corrected chi connectivity index (χ3v) is 4.83. The first kappa shape index (κ1) is 28.5. The molecule has 2 atom stereocenters. The molecular formula is C23H41N3O7. The van der Waals surface area contributed by atoms with Gasteiger partial charge in [-0.2, -0.15) is 0 Å². The lowest BCUT2D eigenvalue weighted by atomic mass is 10.00. The number of hydrogen-bond acceptors (Lipinski definition) is 7. The van der Waals surface area contributed by atoms with Crippen molar-refractivity contribution in [2.24, 2.45) is 5.92 Å². The van der Waals surface area contributed by atoms with Gasteiger partial charge in [0, 0.05) is 13.6 Å². The molecule has 1 rings (SSSR count). The fourth-order valence-electron chi connectivity index (χ4n) is 3.44. The van der Waals surface area contributed by atoms with Gasteiger partial charge in [0.1, 0.15) is 17.2 Å². The van der Waals surface area contributed by atoms with E-state index in [4.69, 9.17) is 14.2 Å². The number of carbonyl (C=O) groups excluding carboxylic acids is 4. The highest BCUT2D eigenvalue weighted by Gasteiger charge is 2.45. The summed E-state index contributed by atoms with van der Waals surface area (Å²) in [4.78, 5) is 53.4. The van der Waals surface area contributed by atoms with Gasteiger partial charge in [0.2, 0.25) is 0 Å². The van der Waals surface area contributed by atoms with E-state index in [-0.39, 0.29) is 12.5 Å². The van der Waals surface area contributed by atoms with Gasteiger partial charge in [-0.3, -0.25) is 9.69 Å². The molecule has 0 aromatic heterocycles. The maximum Gasteiger partial charge on any atom is 0.429 e. The van der Waals surface area contributed by atoms with Gasteiger partial charge in [-0.05, 0) is 66.7 Å². The standard InChI is InChI=1S/C23H41N3O7/c1-15(2)14-17(24(9)20(29)32-22(3,4)5)18(27)26-16(19(28)31-10)12-11-13-25(26)21(30)33-23(6,7)8/h15-17H,11-14H2,1-10H3/t16?,17-/m1/s1. The Kier molecular flexibility index (Phi) is 9.56. The van der Waals surface area contributed by atoms with Crippen LogP contribution in [0.25, 0.3) is 0 Å². The molecule has 0 aromatic carbocycles. The van der Waals surface area contributed by atoms with E-state index in [1.807, 2.05) is 13.8 Å². The maximum absolute atomic E-state index is 13.9. The van der Waals surface area contributed by atoms with Crippen LogP contribution >= 0.6 is 0 Å². The van der Waals surface area contributed by atoms with Crippen molar-refractivity contribution >= 4 is 24.1 Å². The van der Waals surface area contributed by atoms with Crippen LogP contribution in [0, 0.1) is 5.92 Å². The van der Waals surface area contributed by atoms with E-state index >= 15 is 0 Å². The highest BCUT2D eigenvalue weighted by atomic mass is 16.6. The van der Waals surface area contributed by atoms with Crippen molar-refractivity contribution in [3.63, 3.8) is 0 Å². The highest BCUT2D eigenvalue weighted by molar-refractivity contribution is 5.91. The number of likely N-dealkylation sites (N-methyl/N-ethyl adjacent to an activating group) is 1. The van der Waals surface area contributed by atoms with E-state index in [0.29, 0.717) is 19.3 Å². The Morgan fingerprint density at radius 3 is 2.00 bits per heavy atom. The summed E-state index contributed by atoms with van der Waals surface area (Å²) in [6.07, 6.45) is -0.298. The molecule has 1 fully saturated rings. The topological polar surface area (TPSA) is 106 Å². The Morgan fingerprint density at radius 2 is 1.55 bits per heavy atom. The molecule has 10 nitrogen and oxygen atoms in total. The average Bonchev–Trinajstić information content (AvgIpc) is 2.67. The van der Waals surface area contributed by atoms with Gasteiger partial charge >= 0.3 is 18.2 Å². The van der Waals surface area contributed by atoms with E-state index in [2.05, 4.69) is 0 Å². The van der Waals surface area contributed by atoms with Crippen LogP contribution in [0.3, 0.4) is 0 Å². The minimum Gasteiger partial charge on any atom is -0.467 e. The van der Waals surface area contributed by atoms with Crippen molar-refractivity contribution in [3.05, 3.63) is 0 Å². The van der Waals surface area contributed by atoms with Gasteiger partial charge in [-0.15, -0.1) is 0 Å². The van der Waals surface area contributed by atoms with Crippen molar-refractivity contribution in [3.8, 4) is 0 Å². The van der Waals surface area contributed by atoms with Crippen LogP contribution in [0.1, 0.15) is 74.7 Å². The summed E-state index contributed by atoms with van der Waals surface area (Å²) < 4.78 is 15.9. The Hall–Kier alpha value is -2.52. The van der Waals surface area contributed by atoms with Crippen molar-refractivity contribution in [1.82, 2.24) is 14.9 Å². The van der Waals surface area contributed by atoms with E-state index in [9.17, 15) is 19.2 Å². The van der Waals surface area contributed by atoms with Crippen molar-refractivity contribution in [2.45, 2.75) is 97.9 Å². The van der Waals surface area contributed by atoms with Gasteiger partial charge < -0.3 is 14.2 Å². The summed E-state index contributed by atoms with van der Waals surface area (Å²) in [5.74, 6) is -1.17. The van der Waals surface area contributed by atoms with Gasteiger partial charge in [0.05, 0.1) is 7.11 Å². The van der Waals surface area contributed by atoms with Gasteiger partial charge in [-0.25, -0.2) is 24.4 Å². The molecule has 0 radical (unpaired) electrons. The summed E-state index contributed by atoms with van der Waals surface area (Å²) in [5.41, 5.74) is -1.55. The number of amides is 3. The van der Waals surface area contributed by atoms with Gasteiger partial charge in [0.25, 0.3) is 5.91 Å². The predicted octanol–water partition coefficient (Wildman–Crippen LogP) is 3.58. The third-order valence-electron chi connectivity index (χ3n) is 4.83. The number of hydrazine groups is 1. The van der Waals surface area contributed by atoms with Crippen LogP contribution < -0.4 is 0 Å². The average molecular weight is 472 g/mol. The normalized spacial score (nSPS) is 18.0. The van der Waals surface area contributed by atoms with Crippen molar-refractivity contribution in [1.29, 1.82) is 0 Å². The summed E-state index contributed by atoms with van der Waals surface area (Å²) in [7, 11) is 2.71. The molecule has 0 spiro atoms. The van der Waals surface area contributed by atoms with Crippen LogP contribution in [-0.4, -0.2) is 83.0 Å². The first-order chi connectivity index (χ1) is 15.0. The maximum atomic E-state index is 13.9. The quantitative estimate of drug-likeness (QED) is 0.446. The van der Waals surface area contributed by atoms with Crippen LogP contribution in [0.15, 0.2) is 0 Å². The minimum absolute atomic E-state index is 0.0418. The van der Waals surface area contributed by atoms with Crippen LogP contribution in [0.4, 0.5) is 9.59 Å². The van der Waals surface area contributed by atoms with E-state index < -0.39 is 47.3 Å². The first-order valence-corrected chi connectivity index (χ1v) is 11.4. The zero-order valence-electron chi connectivity index (χ0n) is 21.8. The lowest BCUT2D eigenvalue weighted by molar-refractivity contribution is -0.177. The predicted molar refractivity (Wildman–Crippen MR) is 122 cm³/mol. The van der Waals surface area contributed by atoms with Crippen LogP contribution in [0.2, 0.25) is 0 Å². The molecule has 0 bridgehead atoms. The molecule has 10 heteroatoms. The molecule has 1 aliphatic rings.